The van der Waals surface area contributed by atoms with Crippen LogP contribution < -0.4 is 5.32 Å². The first-order valence-corrected chi connectivity index (χ1v) is 8.10. The Morgan fingerprint density at radius 2 is 2.11 bits per heavy atom. The molecule has 2 aliphatic rings. The lowest BCUT2D eigenvalue weighted by Crippen LogP contribution is -2.38. The van der Waals surface area contributed by atoms with E-state index in [0.29, 0.717) is 0 Å². The number of aliphatic hydroxyl groups excluding tert-OH is 1. The second-order valence-electron chi connectivity index (χ2n) is 5.22. The minimum Gasteiger partial charge on any atom is -0.393 e. The molecular formula is C13H24N2O2S. The maximum absolute atomic E-state index is 11.8. The van der Waals surface area contributed by atoms with Crippen molar-refractivity contribution in [1.82, 2.24) is 10.2 Å². The molecular weight excluding hydrogens is 248 g/mol. The van der Waals surface area contributed by atoms with Gasteiger partial charge in [0, 0.05) is 19.6 Å². The van der Waals surface area contributed by atoms with Crippen LogP contribution in [-0.2, 0) is 4.79 Å². The van der Waals surface area contributed by atoms with Crippen molar-refractivity contribution in [3.05, 3.63) is 0 Å². The predicted octanol–water partition coefficient (Wildman–Crippen LogP) is 0.845. The van der Waals surface area contributed by atoms with E-state index in [1.165, 1.54) is 6.42 Å². The summed E-state index contributed by atoms with van der Waals surface area (Å²) in [6, 6.07) is 0. The lowest BCUT2D eigenvalue weighted by atomic mass is 10.1. The first-order chi connectivity index (χ1) is 8.75. The molecule has 2 N–H and O–H groups in total. The van der Waals surface area contributed by atoms with Crippen molar-refractivity contribution < 1.29 is 9.90 Å². The molecule has 18 heavy (non-hydrogen) atoms. The molecule has 0 aromatic carbocycles. The third kappa shape index (κ3) is 4.44. The zero-order chi connectivity index (χ0) is 12.8. The number of hydrogen-bond acceptors (Lipinski definition) is 4. The van der Waals surface area contributed by atoms with Crippen molar-refractivity contribution in [2.24, 2.45) is 0 Å². The molecule has 1 amide bonds. The highest BCUT2D eigenvalue weighted by molar-refractivity contribution is 8.00. The number of carbonyl (C=O) groups is 1. The summed E-state index contributed by atoms with van der Waals surface area (Å²) < 4.78 is 0. The van der Waals surface area contributed by atoms with Gasteiger partial charge < -0.3 is 15.3 Å². The second-order valence-corrected chi connectivity index (χ2v) is 6.53. The van der Waals surface area contributed by atoms with Gasteiger partial charge in [-0.2, -0.15) is 0 Å². The van der Waals surface area contributed by atoms with Crippen molar-refractivity contribution in [2.45, 2.75) is 43.5 Å². The summed E-state index contributed by atoms with van der Waals surface area (Å²) in [5.74, 6) is 1.36. The Labute approximate surface area is 113 Å². The van der Waals surface area contributed by atoms with Gasteiger partial charge in [-0.25, -0.2) is 0 Å². The van der Waals surface area contributed by atoms with Gasteiger partial charge in [0.2, 0.25) is 5.91 Å². The van der Waals surface area contributed by atoms with E-state index in [9.17, 15) is 9.90 Å². The molecule has 2 heterocycles. The molecule has 104 valence electrons. The van der Waals surface area contributed by atoms with Crippen molar-refractivity contribution in [1.29, 1.82) is 0 Å². The van der Waals surface area contributed by atoms with Crippen molar-refractivity contribution in [2.75, 3.05) is 31.9 Å². The summed E-state index contributed by atoms with van der Waals surface area (Å²) in [5.41, 5.74) is 0. The van der Waals surface area contributed by atoms with E-state index in [0.717, 1.165) is 57.6 Å². The summed E-state index contributed by atoms with van der Waals surface area (Å²) in [6.07, 6.45) is 4.93. The van der Waals surface area contributed by atoms with Gasteiger partial charge in [0.15, 0.2) is 0 Å². The number of thioether (sulfide) groups is 1. The minimum absolute atomic E-state index is 0.0969. The highest BCUT2D eigenvalue weighted by atomic mass is 32.2. The van der Waals surface area contributed by atoms with E-state index in [4.69, 9.17) is 0 Å². The average molecular weight is 272 g/mol. The van der Waals surface area contributed by atoms with Crippen LogP contribution in [0.25, 0.3) is 0 Å². The van der Waals surface area contributed by atoms with E-state index in [1.807, 2.05) is 0 Å². The average Bonchev–Trinajstić information content (AvgIpc) is 2.90. The molecule has 0 aromatic heterocycles. The zero-order valence-corrected chi connectivity index (χ0v) is 11.8. The Morgan fingerprint density at radius 3 is 2.78 bits per heavy atom. The molecule has 0 radical (unpaired) electrons. The largest absolute Gasteiger partial charge is 0.393 e. The van der Waals surface area contributed by atoms with E-state index < -0.39 is 0 Å². The van der Waals surface area contributed by atoms with Crippen LogP contribution in [0.2, 0.25) is 0 Å². The third-order valence-electron chi connectivity index (χ3n) is 3.73. The molecule has 0 saturated carbocycles. The van der Waals surface area contributed by atoms with Gasteiger partial charge in [-0.05, 0) is 44.4 Å². The molecule has 2 fully saturated rings. The highest BCUT2D eigenvalue weighted by Crippen LogP contribution is 2.25. The Balaban J connectivity index is 1.51. The predicted molar refractivity (Wildman–Crippen MR) is 74.8 cm³/mol. The zero-order valence-electron chi connectivity index (χ0n) is 10.9. The molecule has 0 spiro atoms. The number of carbonyl (C=O) groups excluding carboxylic acids is 1. The number of nitrogens with one attached hydrogen (secondary N) is 1. The minimum atomic E-state index is -0.0969. The van der Waals surface area contributed by atoms with Crippen LogP contribution in [0.3, 0.4) is 0 Å². The normalized spacial score (nSPS) is 26.4. The molecule has 2 saturated heterocycles. The van der Waals surface area contributed by atoms with E-state index in [-0.39, 0.29) is 17.3 Å². The Hall–Kier alpha value is -0.260. The lowest BCUT2D eigenvalue weighted by Gasteiger charge is -2.29. The molecule has 5 heteroatoms. The fourth-order valence-corrected chi connectivity index (χ4v) is 3.74. The van der Waals surface area contributed by atoms with E-state index in [2.05, 4.69) is 10.2 Å². The molecule has 4 nitrogen and oxygen atoms in total. The maximum Gasteiger partial charge on any atom is 0.233 e. The van der Waals surface area contributed by atoms with Crippen LogP contribution in [0.4, 0.5) is 0 Å². The van der Waals surface area contributed by atoms with Gasteiger partial charge >= 0.3 is 0 Å². The molecule has 2 aliphatic heterocycles. The number of likely N-dealkylation sites (tertiary alicyclic amines) is 1. The molecule has 0 bridgehead atoms. The van der Waals surface area contributed by atoms with Crippen LogP contribution in [0.5, 0.6) is 0 Å². The molecule has 1 atom stereocenters. The first kappa shape index (κ1) is 14.2. The fraction of sp³-hybridized carbons (Fsp3) is 0.923. The first-order valence-electron chi connectivity index (χ1n) is 7.05. The number of piperidine rings is 1. The monoisotopic (exact) mass is 272 g/mol. The Kier molecular flexibility index (Phi) is 5.79. The summed E-state index contributed by atoms with van der Waals surface area (Å²) in [6.45, 7) is 3.81. The molecule has 0 aromatic rings. The van der Waals surface area contributed by atoms with Crippen molar-refractivity contribution >= 4 is 17.7 Å². The Bertz CT molecular complexity index is 262. The number of nitrogens with zero attached hydrogens (tertiary/aromatic N) is 1. The number of aliphatic hydroxyl groups is 1. The summed E-state index contributed by atoms with van der Waals surface area (Å²) >= 11 is 1.79. The SMILES string of the molecule is O=C(NCCCN1CCC(O)CC1)C1CCCS1. The van der Waals surface area contributed by atoms with Gasteiger partial charge in [-0.15, -0.1) is 11.8 Å². The van der Waals surface area contributed by atoms with Crippen LogP contribution >= 0.6 is 11.8 Å². The molecule has 1 unspecified atom stereocenters. The van der Waals surface area contributed by atoms with Gasteiger partial charge in [-0.3, -0.25) is 4.79 Å². The standard InChI is InChI=1S/C13H24N2O2S/c16-11-4-8-15(9-5-11)7-2-6-14-13(17)12-3-1-10-18-12/h11-12,16H,1-10H2,(H,14,17). The number of rotatable bonds is 5. The Morgan fingerprint density at radius 1 is 1.33 bits per heavy atom. The van der Waals surface area contributed by atoms with Gasteiger partial charge in [-0.1, -0.05) is 0 Å². The lowest BCUT2D eigenvalue weighted by molar-refractivity contribution is -0.120. The quantitative estimate of drug-likeness (QED) is 0.729. The van der Waals surface area contributed by atoms with Crippen LogP contribution in [0, 0.1) is 0 Å². The third-order valence-corrected chi connectivity index (χ3v) is 5.11. The molecule has 2 rings (SSSR count). The number of amides is 1. The van der Waals surface area contributed by atoms with E-state index in [1.54, 1.807) is 11.8 Å². The summed E-state index contributed by atoms with van der Waals surface area (Å²) in [5, 5.41) is 12.6. The van der Waals surface area contributed by atoms with Crippen LogP contribution in [0.15, 0.2) is 0 Å². The van der Waals surface area contributed by atoms with Crippen molar-refractivity contribution in [3.8, 4) is 0 Å². The van der Waals surface area contributed by atoms with E-state index >= 15 is 0 Å². The van der Waals surface area contributed by atoms with Gasteiger partial charge in [0.25, 0.3) is 0 Å². The summed E-state index contributed by atoms with van der Waals surface area (Å²) in [7, 11) is 0. The maximum atomic E-state index is 11.8. The van der Waals surface area contributed by atoms with Crippen LogP contribution in [0.1, 0.15) is 32.1 Å². The second kappa shape index (κ2) is 7.36. The topological polar surface area (TPSA) is 52.6 Å². The highest BCUT2D eigenvalue weighted by Gasteiger charge is 2.22. The summed E-state index contributed by atoms with van der Waals surface area (Å²) in [4.78, 5) is 14.1. The fourth-order valence-electron chi connectivity index (χ4n) is 2.56. The number of hydrogen-bond donors (Lipinski definition) is 2. The van der Waals surface area contributed by atoms with Gasteiger partial charge in [0.1, 0.15) is 0 Å². The van der Waals surface area contributed by atoms with Crippen LogP contribution in [-0.4, -0.2) is 59.2 Å². The molecule has 0 aliphatic carbocycles. The van der Waals surface area contributed by atoms with Crippen molar-refractivity contribution in [3.63, 3.8) is 0 Å². The smallest absolute Gasteiger partial charge is 0.233 e. The van der Waals surface area contributed by atoms with Gasteiger partial charge in [0.05, 0.1) is 11.4 Å².